The number of nitrogens with one attached hydrogen (secondary N) is 2. The number of carbonyl (C=O) groups is 2. The average molecular weight is 388 g/mol. The number of nitrogens with zero attached hydrogens (tertiary/aromatic N) is 2. The molecule has 0 radical (unpaired) electrons. The van der Waals surface area contributed by atoms with Crippen molar-refractivity contribution < 1.29 is 9.59 Å². The molecular formula is C23H24N4O2. The van der Waals surface area contributed by atoms with Gasteiger partial charge in [-0.2, -0.15) is 0 Å². The minimum absolute atomic E-state index is 0.138. The summed E-state index contributed by atoms with van der Waals surface area (Å²) in [4.78, 5) is 30.2. The van der Waals surface area contributed by atoms with Crippen LogP contribution in [0.5, 0.6) is 0 Å². The lowest BCUT2D eigenvalue weighted by molar-refractivity contribution is -0.114. The third-order valence-electron chi connectivity index (χ3n) is 4.40. The highest BCUT2D eigenvalue weighted by molar-refractivity contribution is 6.04. The highest BCUT2D eigenvalue weighted by Gasteiger charge is 2.10. The van der Waals surface area contributed by atoms with E-state index in [1.807, 2.05) is 24.3 Å². The lowest BCUT2D eigenvalue weighted by atomic mass is 10.2. The van der Waals surface area contributed by atoms with Gasteiger partial charge in [0, 0.05) is 37.6 Å². The van der Waals surface area contributed by atoms with Crippen molar-refractivity contribution in [3.63, 3.8) is 0 Å². The lowest BCUT2D eigenvalue weighted by Crippen LogP contribution is -2.23. The van der Waals surface area contributed by atoms with E-state index in [4.69, 9.17) is 0 Å². The molecule has 148 valence electrons. The van der Waals surface area contributed by atoms with Crippen molar-refractivity contribution in [1.82, 2.24) is 4.98 Å². The number of pyridine rings is 1. The van der Waals surface area contributed by atoms with Crippen LogP contribution in [0.2, 0.25) is 0 Å². The average Bonchev–Trinajstić information content (AvgIpc) is 2.74. The highest BCUT2D eigenvalue weighted by Crippen LogP contribution is 2.17. The normalized spacial score (nSPS) is 10.3. The van der Waals surface area contributed by atoms with Crippen molar-refractivity contribution in [2.24, 2.45) is 0 Å². The molecule has 0 aliphatic carbocycles. The summed E-state index contributed by atoms with van der Waals surface area (Å²) in [6.45, 7) is 5.10. The number of hydrogen-bond acceptors (Lipinski definition) is 4. The molecule has 2 amide bonds. The number of carbonyl (C=O) groups excluding carboxylic acids is 2. The molecule has 6 heteroatoms. The summed E-state index contributed by atoms with van der Waals surface area (Å²) in [5.41, 5.74) is 3.02. The summed E-state index contributed by atoms with van der Waals surface area (Å²) in [6, 6.07) is 20.8. The van der Waals surface area contributed by atoms with Gasteiger partial charge in [0.1, 0.15) is 5.82 Å². The van der Waals surface area contributed by atoms with Crippen LogP contribution in [-0.4, -0.2) is 23.3 Å². The molecule has 0 saturated carbocycles. The number of benzene rings is 2. The summed E-state index contributed by atoms with van der Waals surface area (Å²) in [6.07, 6.45) is 1.59. The van der Waals surface area contributed by atoms with E-state index < -0.39 is 0 Å². The van der Waals surface area contributed by atoms with Gasteiger partial charge in [-0.1, -0.05) is 30.3 Å². The maximum atomic E-state index is 12.5. The Morgan fingerprint density at radius 2 is 1.55 bits per heavy atom. The van der Waals surface area contributed by atoms with Gasteiger partial charge >= 0.3 is 0 Å². The number of aromatic nitrogens is 1. The van der Waals surface area contributed by atoms with Gasteiger partial charge < -0.3 is 15.5 Å². The zero-order chi connectivity index (χ0) is 20.6. The van der Waals surface area contributed by atoms with Crippen molar-refractivity contribution in [3.8, 4) is 0 Å². The third-order valence-corrected chi connectivity index (χ3v) is 4.40. The molecule has 1 aromatic heterocycles. The van der Waals surface area contributed by atoms with Crippen LogP contribution in [0.4, 0.5) is 17.2 Å². The summed E-state index contributed by atoms with van der Waals surface area (Å²) < 4.78 is 0. The topological polar surface area (TPSA) is 74.3 Å². The molecule has 3 rings (SSSR count). The van der Waals surface area contributed by atoms with Crippen molar-refractivity contribution in [3.05, 3.63) is 84.1 Å². The predicted molar refractivity (Wildman–Crippen MR) is 116 cm³/mol. The van der Waals surface area contributed by atoms with E-state index in [1.165, 1.54) is 12.5 Å². The highest BCUT2D eigenvalue weighted by atomic mass is 16.2. The van der Waals surface area contributed by atoms with Gasteiger partial charge in [0.25, 0.3) is 5.91 Å². The zero-order valence-corrected chi connectivity index (χ0v) is 16.6. The van der Waals surface area contributed by atoms with Crippen LogP contribution in [0.3, 0.4) is 0 Å². The Hall–Kier alpha value is -3.67. The van der Waals surface area contributed by atoms with Crippen LogP contribution in [0.15, 0.2) is 72.9 Å². The van der Waals surface area contributed by atoms with Crippen molar-refractivity contribution in [1.29, 1.82) is 0 Å². The molecule has 0 aliphatic rings. The summed E-state index contributed by atoms with van der Waals surface area (Å²) in [7, 11) is 0. The van der Waals surface area contributed by atoms with Gasteiger partial charge in [0.05, 0.1) is 5.56 Å². The molecule has 2 N–H and O–H groups in total. The van der Waals surface area contributed by atoms with Crippen molar-refractivity contribution in [2.75, 3.05) is 22.1 Å². The second kappa shape index (κ2) is 9.50. The second-order valence-electron chi connectivity index (χ2n) is 6.62. The van der Waals surface area contributed by atoms with Crippen molar-refractivity contribution in [2.45, 2.75) is 20.4 Å². The van der Waals surface area contributed by atoms with E-state index in [0.717, 1.165) is 18.9 Å². The van der Waals surface area contributed by atoms with Crippen molar-refractivity contribution >= 4 is 29.0 Å². The molecule has 0 atom stereocenters. The summed E-state index contributed by atoms with van der Waals surface area (Å²) in [5.74, 6) is 0.455. The van der Waals surface area contributed by atoms with Gasteiger partial charge in [-0.25, -0.2) is 4.98 Å². The Kier molecular flexibility index (Phi) is 6.58. The molecule has 3 aromatic rings. The molecule has 0 aliphatic heterocycles. The van der Waals surface area contributed by atoms with Gasteiger partial charge in [0.15, 0.2) is 0 Å². The molecule has 0 saturated heterocycles. The first-order valence-electron chi connectivity index (χ1n) is 9.49. The van der Waals surface area contributed by atoms with Crippen LogP contribution in [-0.2, 0) is 11.3 Å². The third kappa shape index (κ3) is 5.65. The quantitative estimate of drug-likeness (QED) is 0.632. The molecule has 29 heavy (non-hydrogen) atoms. The first-order valence-corrected chi connectivity index (χ1v) is 9.49. The summed E-state index contributed by atoms with van der Waals surface area (Å²) in [5, 5.41) is 5.53. The fourth-order valence-electron chi connectivity index (χ4n) is 2.91. The monoisotopic (exact) mass is 388 g/mol. The van der Waals surface area contributed by atoms with E-state index in [2.05, 4.69) is 39.6 Å². The van der Waals surface area contributed by atoms with Crippen LogP contribution < -0.4 is 15.5 Å². The smallest absolute Gasteiger partial charge is 0.257 e. The number of amides is 2. The van der Waals surface area contributed by atoms with E-state index in [0.29, 0.717) is 16.9 Å². The fourth-order valence-corrected chi connectivity index (χ4v) is 2.91. The Morgan fingerprint density at radius 1 is 0.897 bits per heavy atom. The molecule has 6 nitrogen and oxygen atoms in total. The van der Waals surface area contributed by atoms with Gasteiger partial charge in [-0.05, 0) is 48.9 Å². The van der Waals surface area contributed by atoms with E-state index in [-0.39, 0.29) is 11.8 Å². The molecule has 0 unspecified atom stereocenters. The summed E-state index contributed by atoms with van der Waals surface area (Å²) >= 11 is 0. The van der Waals surface area contributed by atoms with Gasteiger partial charge in [-0.15, -0.1) is 0 Å². The number of anilines is 3. The largest absolute Gasteiger partial charge is 0.353 e. The molecule has 0 fully saturated rings. The Balaban J connectivity index is 1.64. The SMILES string of the molecule is CCN(Cc1ccccc1)c1ccc(C(=O)Nc2ccc(NC(C)=O)cc2)cn1. The van der Waals surface area contributed by atoms with Crippen LogP contribution in [0.25, 0.3) is 0 Å². The molecule has 0 spiro atoms. The Labute approximate surface area is 170 Å². The lowest BCUT2D eigenvalue weighted by Gasteiger charge is -2.22. The standard InChI is InChI=1S/C23H24N4O2/c1-3-27(16-18-7-5-4-6-8-18)22-14-9-19(15-24-22)23(29)26-21-12-10-20(11-13-21)25-17(2)28/h4-15H,3,16H2,1-2H3,(H,25,28)(H,26,29). The Morgan fingerprint density at radius 3 is 2.10 bits per heavy atom. The molecule has 2 aromatic carbocycles. The number of hydrogen-bond donors (Lipinski definition) is 2. The first kappa shape index (κ1) is 20.1. The van der Waals surface area contributed by atoms with E-state index >= 15 is 0 Å². The fraction of sp³-hybridized carbons (Fsp3) is 0.174. The maximum absolute atomic E-state index is 12.5. The maximum Gasteiger partial charge on any atom is 0.257 e. The molecular weight excluding hydrogens is 364 g/mol. The van der Waals surface area contributed by atoms with E-state index in [1.54, 1.807) is 36.5 Å². The zero-order valence-electron chi connectivity index (χ0n) is 16.6. The molecule has 1 heterocycles. The predicted octanol–water partition coefficient (Wildman–Crippen LogP) is 4.32. The second-order valence-corrected chi connectivity index (χ2v) is 6.62. The van der Waals surface area contributed by atoms with E-state index in [9.17, 15) is 9.59 Å². The van der Waals surface area contributed by atoms with Gasteiger partial charge in [-0.3, -0.25) is 9.59 Å². The number of rotatable bonds is 7. The minimum atomic E-state index is -0.234. The van der Waals surface area contributed by atoms with Crippen LogP contribution in [0.1, 0.15) is 29.8 Å². The molecule has 0 bridgehead atoms. The van der Waals surface area contributed by atoms with Crippen LogP contribution in [0, 0.1) is 0 Å². The first-order chi connectivity index (χ1) is 14.0. The Bertz CT molecular complexity index is 954. The van der Waals surface area contributed by atoms with Gasteiger partial charge in [0.2, 0.25) is 5.91 Å². The minimum Gasteiger partial charge on any atom is -0.353 e. The van der Waals surface area contributed by atoms with Crippen LogP contribution >= 0.6 is 0 Å².